The number of hydrogen-bond donors (Lipinski definition) is 2. The summed E-state index contributed by atoms with van der Waals surface area (Å²) in [5, 5.41) is 6.79. The van der Waals surface area contributed by atoms with Gasteiger partial charge in [0.1, 0.15) is 0 Å². The number of allylic oxidation sites excluding steroid dienone is 1. The fraction of sp³-hybridized carbons (Fsp3) is 0.625. The summed E-state index contributed by atoms with van der Waals surface area (Å²) < 4.78 is 0. The Hall–Kier alpha value is -1.42. The number of nitrogens with one attached hydrogen (secondary N) is 2. The van der Waals surface area contributed by atoms with E-state index in [1.54, 1.807) is 0 Å². The summed E-state index contributed by atoms with van der Waals surface area (Å²) in [4.78, 5) is 4.43. The quantitative estimate of drug-likeness (QED) is 0.695. The van der Waals surface area contributed by atoms with Crippen LogP contribution in [0.25, 0.3) is 0 Å². The minimum Gasteiger partial charge on any atom is -0.384 e. The third-order valence-corrected chi connectivity index (χ3v) is 3.60. The number of likely N-dealkylation sites (N-methyl/N-ethyl adjacent to an activating group) is 2. The van der Waals surface area contributed by atoms with E-state index in [2.05, 4.69) is 53.6 Å². The second-order valence-corrected chi connectivity index (χ2v) is 5.68. The summed E-state index contributed by atoms with van der Waals surface area (Å²) in [5.41, 5.74) is 2.96. The SMILES string of the molecule is C=C(/C=C(/C(=C)NCC)N(C)C)NC1CCN(C)CC1. The molecule has 114 valence electrons. The highest BCUT2D eigenvalue weighted by atomic mass is 15.1. The molecular weight excluding hydrogens is 248 g/mol. The van der Waals surface area contributed by atoms with Crippen LogP contribution >= 0.6 is 0 Å². The van der Waals surface area contributed by atoms with Gasteiger partial charge in [-0.25, -0.2) is 0 Å². The van der Waals surface area contributed by atoms with E-state index < -0.39 is 0 Å². The highest BCUT2D eigenvalue weighted by Crippen LogP contribution is 2.13. The highest BCUT2D eigenvalue weighted by Gasteiger charge is 2.16. The molecule has 0 atom stereocenters. The van der Waals surface area contributed by atoms with Gasteiger partial charge in [0, 0.05) is 32.4 Å². The van der Waals surface area contributed by atoms with Crippen LogP contribution in [0.4, 0.5) is 0 Å². The molecule has 0 radical (unpaired) electrons. The summed E-state index contributed by atoms with van der Waals surface area (Å²) in [6, 6.07) is 0.533. The maximum atomic E-state index is 4.14. The van der Waals surface area contributed by atoms with Crippen LogP contribution in [0.3, 0.4) is 0 Å². The Morgan fingerprint density at radius 2 is 1.90 bits per heavy atom. The molecule has 1 rings (SSSR count). The number of hydrogen-bond acceptors (Lipinski definition) is 4. The monoisotopic (exact) mass is 278 g/mol. The third-order valence-electron chi connectivity index (χ3n) is 3.60. The molecule has 0 saturated carbocycles. The van der Waals surface area contributed by atoms with Crippen molar-refractivity contribution in [1.29, 1.82) is 0 Å². The van der Waals surface area contributed by atoms with E-state index in [-0.39, 0.29) is 0 Å². The molecule has 2 N–H and O–H groups in total. The van der Waals surface area contributed by atoms with Crippen molar-refractivity contribution in [3.8, 4) is 0 Å². The second-order valence-electron chi connectivity index (χ2n) is 5.68. The van der Waals surface area contributed by atoms with E-state index >= 15 is 0 Å². The van der Waals surface area contributed by atoms with Crippen LogP contribution in [0.1, 0.15) is 19.8 Å². The van der Waals surface area contributed by atoms with Gasteiger partial charge in [0.2, 0.25) is 0 Å². The molecule has 1 fully saturated rings. The smallest absolute Gasteiger partial charge is 0.0611 e. The first-order valence-electron chi connectivity index (χ1n) is 7.40. The second kappa shape index (κ2) is 8.00. The Labute approximate surface area is 124 Å². The molecule has 4 nitrogen and oxygen atoms in total. The predicted molar refractivity (Wildman–Crippen MR) is 87.4 cm³/mol. The van der Waals surface area contributed by atoms with E-state index in [9.17, 15) is 0 Å². The van der Waals surface area contributed by atoms with Gasteiger partial charge >= 0.3 is 0 Å². The van der Waals surface area contributed by atoms with Crippen molar-refractivity contribution in [2.75, 3.05) is 40.8 Å². The van der Waals surface area contributed by atoms with Gasteiger partial charge in [-0.3, -0.25) is 0 Å². The minimum absolute atomic E-state index is 0.533. The fourth-order valence-corrected chi connectivity index (χ4v) is 2.41. The molecule has 4 heteroatoms. The summed E-state index contributed by atoms with van der Waals surface area (Å²) in [7, 11) is 6.23. The topological polar surface area (TPSA) is 30.5 Å². The maximum absolute atomic E-state index is 4.14. The van der Waals surface area contributed by atoms with Crippen molar-refractivity contribution >= 4 is 0 Å². The van der Waals surface area contributed by atoms with Gasteiger partial charge in [-0.15, -0.1) is 0 Å². The van der Waals surface area contributed by atoms with Crippen molar-refractivity contribution in [2.24, 2.45) is 0 Å². The molecule has 0 spiro atoms. The molecule has 1 aliphatic heterocycles. The van der Waals surface area contributed by atoms with E-state index in [0.29, 0.717) is 6.04 Å². The largest absolute Gasteiger partial charge is 0.384 e. The van der Waals surface area contributed by atoms with Crippen LogP contribution in [0.5, 0.6) is 0 Å². The molecule has 0 aliphatic carbocycles. The third kappa shape index (κ3) is 5.29. The Morgan fingerprint density at radius 1 is 1.30 bits per heavy atom. The van der Waals surface area contributed by atoms with Crippen molar-refractivity contribution in [2.45, 2.75) is 25.8 Å². The molecule has 1 heterocycles. The van der Waals surface area contributed by atoms with Gasteiger partial charge in [0.25, 0.3) is 0 Å². The van der Waals surface area contributed by atoms with Gasteiger partial charge in [-0.05, 0) is 46.0 Å². The summed E-state index contributed by atoms with van der Waals surface area (Å²) in [6.07, 6.45) is 4.42. The normalized spacial score (nSPS) is 17.7. The molecule has 0 aromatic carbocycles. The van der Waals surface area contributed by atoms with E-state index in [0.717, 1.165) is 36.7 Å². The summed E-state index contributed by atoms with van der Waals surface area (Å²) in [6.45, 7) is 13.5. The first-order chi connectivity index (χ1) is 9.43. The van der Waals surface area contributed by atoms with Crippen LogP contribution in [0.2, 0.25) is 0 Å². The molecular formula is C16H30N4. The van der Waals surface area contributed by atoms with Gasteiger partial charge in [0.05, 0.1) is 11.4 Å². The first-order valence-corrected chi connectivity index (χ1v) is 7.40. The Bertz CT molecular complexity index is 363. The summed E-state index contributed by atoms with van der Waals surface area (Å²) in [5.74, 6) is 0. The van der Waals surface area contributed by atoms with Crippen molar-refractivity contribution < 1.29 is 0 Å². The van der Waals surface area contributed by atoms with Gasteiger partial charge in [-0.1, -0.05) is 13.2 Å². The number of likely N-dealkylation sites (tertiary alicyclic amines) is 1. The molecule has 1 saturated heterocycles. The average Bonchev–Trinajstić information content (AvgIpc) is 2.38. The minimum atomic E-state index is 0.533. The molecule has 0 bridgehead atoms. The molecule has 0 aromatic heterocycles. The van der Waals surface area contributed by atoms with Gasteiger partial charge in [-0.2, -0.15) is 0 Å². The fourth-order valence-electron chi connectivity index (χ4n) is 2.41. The van der Waals surface area contributed by atoms with Crippen molar-refractivity contribution in [3.05, 3.63) is 36.3 Å². The lowest BCUT2D eigenvalue weighted by Gasteiger charge is -2.30. The van der Waals surface area contributed by atoms with Crippen LogP contribution in [0.15, 0.2) is 36.3 Å². The Kier molecular flexibility index (Phi) is 6.65. The average molecular weight is 278 g/mol. The molecule has 0 amide bonds. The van der Waals surface area contributed by atoms with Crippen LogP contribution in [0, 0.1) is 0 Å². The zero-order chi connectivity index (χ0) is 15.1. The van der Waals surface area contributed by atoms with Crippen LogP contribution in [-0.4, -0.2) is 56.6 Å². The zero-order valence-corrected chi connectivity index (χ0v) is 13.5. The standard InChI is InChI=1S/C16H30N4/c1-7-17-14(3)16(19(4)5)12-13(2)18-15-8-10-20(6)11-9-15/h12,15,17-18H,2-3,7-11H2,1,4-6H3/b16-12-. The maximum Gasteiger partial charge on any atom is 0.0611 e. The van der Waals surface area contributed by atoms with E-state index in [4.69, 9.17) is 0 Å². The molecule has 0 unspecified atom stereocenters. The predicted octanol–water partition coefficient (Wildman–Crippen LogP) is 1.75. The number of nitrogens with zero attached hydrogens (tertiary/aromatic N) is 2. The van der Waals surface area contributed by atoms with Crippen molar-refractivity contribution in [3.63, 3.8) is 0 Å². The molecule has 0 aromatic rings. The highest BCUT2D eigenvalue weighted by molar-refractivity contribution is 5.32. The first kappa shape index (κ1) is 16.6. The molecule has 1 aliphatic rings. The van der Waals surface area contributed by atoms with Crippen LogP contribution in [-0.2, 0) is 0 Å². The number of rotatable bonds is 7. The van der Waals surface area contributed by atoms with E-state index in [1.165, 1.54) is 12.8 Å². The molecule has 20 heavy (non-hydrogen) atoms. The summed E-state index contributed by atoms with van der Waals surface area (Å²) >= 11 is 0. The Balaban J connectivity index is 2.59. The Morgan fingerprint density at radius 3 is 2.40 bits per heavy atom. The lowest BCUT2D eigenvalue weighted by molar-refractivity contribution is 0.242. The van der Waals surface area contributed by atoms with Gasteiger partial charge in [0.15, 0.2) is 0 Å². The van der Waals surface area contributed by atoms with E-state index in [1.807, 2.05) is 14.1 Å². The van der Waals surface area contributed by atoms with Crippen LogP contribution < -0.4 is 10.6 Å². The van der Waals surface area contributed by atoms with Crippen molar-refractivity contribution in [1.82, 2.24) is 20.4 Å². The van der Waals surface area contributed by atoms with Gasteiger partial charge < -0.3 is 20.4 Å². The number of piperidine rings is 1. The lowest BCUT2D eigenvalue weighted by Crippen LogP contribution is -2.40. The lowest BCUT2D eigenvalue weighted by atomic mass is 10.1. The zero-order valence-electron chi connectivity index (χ0n) is 13.5.